The van der Waals surface area contributed by atoms with Gasteiger partial charge in [0.25, 0.3) is 0 Å². The van der Waals surface area contributed by atoms with E-state index in [4.69, 9.17) is 9.47 Å². The summed E-state index contributed by atoms with van der Waals surface area (Å²) in [5, 5.41) is 11.8. The molecule has 2 aromatic carbocycles. The van der Waals surface area contributed by atoms with Gasteiger partial charge in [0.1, 0.15) is 0 Å². The normalized spacial score (nSPS) is 12.5. The van der Waals surface area contributed by atoms with Crippen molar-refractivity contribution in [2.24, 2.45) is 0 Å². The molecule has 0 fully saturated rings. The van der Waals surface area contributed by atoms with Crippen molar-refractivity contribution in [2.75, 3.05) is 33.9 Å². The summed E-state index contributed by atoms with van der Waals surface area (Å²) in [7, 11) is 3.12. The Morgan fingerprint density at radius 1 is 1.06 bits per heavy atom. The molecule has 0 bridgehead atoms. The van der Waals surface area contributed by atoms with Crippen molar-refractivity contribution in [2.45, 2.75) is 39.3 Å². The van der Waals surface area contributed by atoms with Crippen molar-refractivity contribution >= 4 is 22.8 Å². The smallest absolute Gasteiger partial charge is 0.185 e. The van der Waals surface area contributed by atoms with E-state index in [0.29, 0.717) is 30.2 Å². The Morgan fingerprint density at radius 3 is 2.44 bits per heavy atom. The van der Waals surface area contributed by atoms with E-state index < -0.39 is 6.10 Å². The fraction of sp³-hybridized carbons (Fsp3) is 0.393. The molecule has 0 saturated carbocycles. The van der Waals surface area contributed by atoms with E-state index in [9.17, 15) is 9.90 Å². The molecule has 0 aliphatic rings. The Labute approximate surface area is 202 Å². The fourth-order valence-electron chi connectivity index (χ4n) is 4.32. The predicted molar refractivity (Wildman–Crippen MR) is 138 cm³/mol. The highest BCUT2D eigenvalue weighted by Crippen LogP contribution is 2.28. The van der Waals surface area contributed by atoms with Gasteiger partial charge in [0.05, 0.1) is 20.3 Å². The lowest BCUT2D eigenvalue weighted by Gasteiger charge is -2.24. The quantitative estimate of drug-likeness (QED) is 0.284. The summed E-state index contributed by atoms with van der Waals surface area (Å²) in [4.78, 5) is 15.1. The SMILES string of the molecule is CCCN(CCC)C[C@@H](O)Cn1cc(/C=C/C(=O)c2ccc(OC)c(OC)c2)c2ccccc21. The van der Waals surface area contributed by atoms with Gasteiger partial charge >= 0.3 is 0 Å². The minimum atomic E-state index is -0.473. The van der Waals surface area contributed by atoms with Crippen molar-refractivity contribution in [3.63, 3.8) is 0 Å². The molecule has 0 saturated heterocycles. The van der Waals surface area contributed by atoms with Gasteiger partial charge in [-0.1, -0.05) is 32.0 Å². The van der Waals surface area contributed by atoms with Crippen molar-refractivity contribution in [1.82, 2.24) is 9.47 Å². The van der Waals surface area contributed by atoms with E-state index in [0.717, 1.165) is 42.4 Å². The van der Waals surface area contributed by atoms with Crippen molar-refractivity contribution in [1.29, 1.82) is 0 Å². The maximum Gasteiger partial charge on any atom is 0.185 e. The van der Waals surface area contributed by atoms with Crippen LogP contribution in [-0.2, 0) is 6.54 Å². The van der Waals surface area contributed by atoms with Crippen LogP contribution in [0.5, 0.6) is 11.5 Å². The Kier molecular flexibility index (Phi) is 9.31. The minimum Gasteiger partial charge on any atom is -0.493 e. The van der Waals surface area contributed by atoms with E-state index in [1.54, 1.807) is 38.5 Å². The first-order chi connectivity index (χ1) is 16.5. The number of ketones is 1. The van der Waals surface area contributed by atoms with Gasteiger partial charge in [-0.05, 0) is 62.3 Å². The van der Waals surface area contributed by atoms with E-state index >= 15 is 0 Å². The molecule has 6 heteroatoms. The number of aromatic nitrogens is 1. The number of aliphatic hydroxyl groups excluding tert-OH is 1. The molecule has 1 heterocycles. The first-order valence-corrected chi connectivity index (χ1v) is 11.9. The summed E-state index contributed by atoms with van der Waals surface area (Å²) in [5.74, 6) is 0.987. The van der Waals surface area contributed by atoms with Crippen molar-refractivity contribution in [3.8, 4) is 11.5 Å². The molecule has 6 nitrogen and oxygen atoms in total. The largest absolute Gasteiger partial charge is 0.493 e. The van der Waals surface area contributed by atoms with Gasteiger partial charge in [-0.15, -0.1) is 0 Å². The molecule has 0 aliphatic heterocycles. The van der Waals surface area contributed by atoms with Crippen LogP contribution in [0, 0.1) is 0 Å². The lowest BCUT2D eigenvalue weighted by atomic mass is 10.1. The number of carbonyl (C=O) groups excluding carboxylic acids is 1. The third kappa shape index (κ3) is 6.27. The molecular weight excluding hydrogens is 428 g/mol. The molecule has 3 aromatic rings. The van der Waals surface area contributed by atoms with Crippen LogP contribution in [0.4, 0.5) is 0 Å². The zero-order valence-electron chi connectivity index (χ0n) is 20.7. The number of nitrogens with zero attached hydrogens (tertiary/aromatic N) is 2. The van der Waals surface area contributed by atoms with Crippen LogP contribution < -0.4 is 9.47 Å². The number of para-hydroxylation sites is 1. The Balaban J connectivity index is 1.80. The minimum absolute atomic E-state index is 0.118. The maximum atomic E-state index is 12.8. The third-order valence-corrected chi connectivity index (χ3v) is 5.86. The van der Waals surface area contributed by atoms with Crippen LogP contribution in [0.2, 0.25) is 0 Å². The Morgan fingerprint density at radius 2 is 1.76 bits per heavy atom. The van der Waals surface area contributed by atoms with Crippen molar-refractivity contribution in [3.05, 3.63) is 65.9 Å². The number of allylic oxidation sites excluding steroid dienone is 1. The molecule has 0 unspecified atom stereocenters. The molecule has 1 aromatic heterocycles. The zero-order valence-corrected chi connectivity index (χ0v) is 20.7. The molecule has 3 rings (SSSR count). The maximum absolute atomic E-state index is 12.8. The van der Waals surface area contributed by atoms with Gasteiger partial charge in [0.15, 0.2) is 17.3 Å². The van der Waals surface area contributed by atoms with E-state index in [1.165, 1.54) is 0 Å². The van der Waals surface area contributed by atoms with E-state index in [2.05, 4.69) is 23.3 Å². The Hall–Kier alpha value is -3.09. The van der Waals surface area contributed by atoms with Crippen LogP contribution in [0.15, 0.2) is 54.7 Å². The molecule has 1 N–H and O–H groups in total. The van der Waals surface area contributed by atoms with Gasteiger partial charge < -0.3 is 24.0 Å². The molecular formula is C28H36N2O4. The van der Waals surface area contributed by atoms with Gasteiger partial charge in [0.2, 0.25) is 0 Å². The van der Waals surface area contributed by atoms with Crippen LogP contribution in [0.3, 0.4) is 0 Å². The second kappa shape index (κ2) is 12.4. The second-order valence-corrected chi connectivity index (χ2v) is 8.48. The number of ether oxygens (including phenoxy) is 2. The lowest BCUT2D eigenvalue weighted by Crippen LogP contribution is -2.35. The van der Waals surface area contributed by atoms with Gasteiger partial charge in [-0.2, -0.15) is 0 Å². The molecule has 0 spiro atoms. The number of rotatable bonds is 13. The standard InChI is InChI=1S/C28H36N2O4/c1-5-15-29(16-6-2)19-23(31)20-30-18-22(24-9-7-8-10-25(24)30)11-13-26(32)21-12-14-27(33-3)28(17-21)34-4/h7-14,17-18,23,31H,5-6,15-16,19-20H2,1-4H3/b13-11+/t23-/m1/s1. The van der Waals surface area contributed by atoms with Crippen LogP contribution in [0.25, 0.3) is 17.0 Å². The average Bonchev–Trinajstić information content (AvgIpc) is 3.19. The number of fused-ring (bicyclic) bond motifs is 1. The third-order valence-electron chi connectivity index (χ3n) is 5.86. The van der Waals surface area contributed by atoms with Crippen molar-refractivity contribution < 1.29 is 19.4 Å². The zero-order chi connectivity index (χ0) is 24.5. The summed E-state index contributed by atoms with van der Waals surface area (Å²) in [6, 6.07) is 13.2. The summed E-state index contributed by atoms with van der Waals surface area (Å²) in [6.45, 7) is 7.46. The highest BCUT2D eigenvalue weighted by Gasteiger charge is 2.14. The highest BCUT2D eigenvalue weighted by molar-refractivity contribution is 6.08. The van der Waals surface area contributed by atoms with Gasteiger partial charge in [-0.25, -0.2) is 0 Å². The van der Waals surface area contributed by atoms with Crippen LogP contribution >= 0.6 is 0 Å². The topological polar surface area (TPSA) is 63.9 Å². The molecule has 0 aliphatic carbocycles. The summed E-state index contributed by atoms with van der Waals surface area (Å²) in [6.07, 6.45) is 7.10. The van der Waals surface area contributed by atoms with Gasteiger partial charge in [-0.3, -0.25) is 4.79 Å². The monoisotopic (exact) mass is 464 g/mol. The lowest BCUT2D eigenvalue weighted by molar-refractivity contribution is 0.0988. The van der Waals surface area contributed by atoms with Gasteiger partial charge in [0, 0.05) is 41.3 Å². The van der Waals surface area contributed by atoms with Crippen LogP contribution in [-0.4, -0.2) is 60.3 Å². The highest BCUT2D eigenvalue weighted by atomic mass is 16.5. The number of methoxy groups -OCH3 is 2. The predicted octanol–water partition coefficient (Wildman–Crippen LogP) is 5.04. The summed E-state index contributed by atoms with van der Waals surface area (Å²) >= 11 is 0. The number of aliphatic hydroxyl groups is 1. The van der Waals surface area contributed by atoms with E-state index in [-0.39, 0.29) is 5.78 Å². The number of carbonyl (C=O) groups is 1. The molecule has 1 atom stereocenters. The summed E-state index contributed by atoms with van der Waals surface area (Å²) < 4.78 is 12.6. The molecule has 182 valence electrons. The average molecular weight is 465 g/mol. The first-order valence-electron chi connectivity index (χ1n) is 11.9. The number of hydrogen-bond donors (Lipinski definition) is 1. The fourth-order valence-corrected chi connectivity index (χ4v) is 4.32. The number of hydrogen-bond acceptors (Lipinski definition) is 5. The molecule has 0 amide bonds. The second-order valence-electron chi connectivity index (χ2n) is 8.48. The van der Waals surface area contributed by atoms with Crippen LogP contribution in [0.1, 0.15) is 42.6 Å². The molecule has 34 heavy (non-hydrogen) atoms. The summed E-state index contributed by atoms with van der Waals surface area (Å²) in [5.41, 5.74) is 2.51. The van der Waals surface area contributed by atoms with E-state index in [1.807, 2.05) is 36.5 Å². The first kappa shape index (κ1) is 25.5. The molecule has 0 radical (unpaired) electrons. The number of benzene rings is 2. The Bertz CT molecular complexity index is 1110.